The van der Waals surface area contributed by atoms with Gasteiger partial charge in [-0.3, -0.25) is 14.5 Å². The van der Waals surface area contributed by atoms with Crippen molar-refractivity contribution in [1.29, 1.82) is 0 Å². The van der Waals surface area contributed by atoms with Gasteiger partial charge in [-0.2, -0.15) is 12.6 Å². The summed E-state index contributed by atoms with van der Waals surface area (Å²) in [6.07, 6.45) is 2.76. The van der Waals surface area contributed by atoms with Crippen molar-refractivity contribution in [1.82, 2.24) is 4.90 Å². The molecule has 1 aliphatic carbocycles. The highest BCUT2D eigenvalue weighted by Crippen LogP contribution is 2.40. The number of amides is 2. The normalized spacial score (nSPS) is 26.9. The van der Waals surface area contributed by atoms with Crippen LogP contribution in [0.5, 0.6) is 0 Å². The largest absolute Gasteiger partial charge is 0.281 e. The molecular weight excluding hydrogens is 270 g/mol. The predicted molar refractivity (Wildman–Crippen MR) is 80.6 cm³/mol. The molecule has 0 bridgehead atoms. The lowest BCUT2D eigenvalue weighted by Gasteiger charge is -2.22. The van der Waals surface area contributed by atoms with E-state index < -0.39 is 0 Å². The topological polar surface area (TPSA) is 37.4 Å². The molecule has 2 aliphatic rings. The SMILES string of the molecule is O=C1C2CCCC2C(=O)N1CC(CS)c1ccccc1. The minimum absolute atomic E-state index is 0.0419. The van der Waals surface area contributed by atoms with Gasteiger partial charge in [-0.25, -0.2) is 0 Å². The van der Waals surface area contributed by atoms with Gasteiger partial charge in [0, 0.05) is 12.5 Å². The smallest absolute Gasteiger partial charge is 0.233 e. The first-order valence-corrected chi connectivity index (χ1v) is 7.86. The molecule has 3 rings (SSSR count). The molecule has 0 spiro atoms. The summed E-state index contributed by atoms with van der Waals surface area (Å²) in [6, 6.07) is 10.00. The molecule has 0 N–H and O–H groups in total. The lowest BCUT2D eigenvalue weighted by atomic mass is 10.00. The molecule has 3 unspecified atom stereocenters. The number of hydrogen-bond acceptors (Lipinski definition) is 3. The second-order valence-corrected chi connectivity index (χ2v) is 6.09. The Morgan fingerprint density at radius 2 is 1.70 bits per heavy atom. The molecular formula is C16H19NO2S. The monoisotopic (exact) mass is 289 g/mol. The van der Waals surface area contributed by atoms with Gasteiger partial charge < -0.3 is 0 Å². The van der Waals surface area contributed by atoms with Crippen LogP contribution in [0.1, 0.15) is 30.7 Å². The van der Waals surface area contributed by atoms with Gasteiger partial charge >= 0.3 is 0 Å². The van der Waals surface area contributed by atoms with E-state index in [1.54, 1.807) is 0 Å². The molecule has 0 radical (unpaired) electrons. The first-order chi connectivity index (χ1) is 9.72. The van der Waals surface area contributed by atoms with E-state index in [1.807, 2.05) is 30.3 Å². The fourth-order valence-electron chi connectivity index (χ4n) is 3.45. The molecule has 0 aromatic heterocycles. The van der Waals surface area contributed by atoms with Gasteiger partial charge in [-0.05, 0) is 24.2 Å². The Bertz CT molecular complexity index is 494. The molecule has 1 aromatic rings. The van der Waals surface area contributed by atoms with Crippen LogP contribution in [0.15, 0.2) is 30.3 Å². The average molecular weight is 289 g/mol. The maximum Gasteiger partial charge on any atom is 0.233 e. The number of thiol groups is 1. The summed E-state index contributed by atoms with van der Waals surface area (Å²) in [5.74, 6) is 0.750. The Labute approximate surface area is 124 Å². The van der Waals surface area contributed by atoms with Crippen molar-refractivity contribution >= 4 is 24.4 Å². The first-order valence-electron chi connectivity index (χ1n) is 7.23. The summed E-state index contributed by atoms with van der Waals surface area (Å²) < 4.78 is 0. The van der Waals surface area contributed by atoms with E-state index >= 15 is 0 Å². The van der Waals surface area contributed by atoms with Gasteiger partial charge in [0.25, 0.3) is 0 Å². The Hall–Kier alpha value is -1.29. The van der Waals surface area contributed by atoms with Gasteiger partial charge in [0.1, 0.15) is 0 Å². The van der Waals surface area contributed by atoms with Crippen LogP contribution in [0, 0.1) is 11.8 Å². The van der Waals surface area contributed by atoms with E-state index in [4.69, 9.17) is 0 Å². The summed E-state index contributed by atoms with van der Waals surface area (Å²) in [4.78, 5) is 26.2. The number of imide groups is 1. The number of carbonyl (C=O) groups is 2. The summed E-state index contributed by atoms with van der Waals surface area (Å²) in [7, 11) is 0. The van der Waals surface area contributed by atoms with Gasteiger partial charge in [0.05, 0.1) is 11.8 Å². The third kappa shape index (κ3) is 2.26. The van der Waals surface area contributed by atoms with E-state index in [0.717, 1.165) is 24.8 Å². The zero-order valence-electron chi connectivity index (χ0n) is 11.4. The average Bonchev–Trinajstić information content (AvgIpc) is 3.04. The standard InChI is InChI=1S/C16H19NO2S/c18-15-13-7-4-8-14(13)16(19)17(15)9-12(10-20)11-5-2-1-3-6-11/h1-3,5-6,12-14,20H,4,7-10H2. The number of hydrogen-bond donors (Lipinski definition) is 1. The van der Waals surface area contributed by atoms with Crippen LogP contribution in [0.25, 0.3) is 0 Å². The molecule has 1 aromatic carbocycles. The Morgan fingerprint density at radius 1 is 1.10 bits per heavy atom. The maximum absolute atomic E-state index is 12.4. The van der Waals surface area contributed by atoms with Gasteiger partial charge in [0.2, 0.25) is 11.8 Å². The zero-order chi connectivity index (χ0) is 14.1. The molecule has 3 nitrogen and oxygen atoms in total. The second kappa shape index (κ2) is 5.60. The van der Waals surface area contributed by atoms with E-state index in [0.29, 0.717) is 12.3 Å². The van der Waals surface area contributed by atoms with Crippen molar-refractivity contribution in [3.8, 4) is 0 Å². The maximum atomic E-state index is 12.4. The van der Waals surface area contributed by atoms with Crippen molar-refractivity contribution in [3.05, 3.63) is 35.9 Å². The molecule has 3 atom stereocenters. The number of nitrogens with zero attached hydrogens (tertiary/aromatic N) is 1. The third-order valence-electron chi connectivity index (χ3n) is 4.58. The van der Waals surface area contributed by atoms with Crippen molar-refractivity contribution in [2.75, 3.05) is 12.3 Å². The lowest BCUT2D eigenvalue weighted by Crippen LogP contribution is -2.36. The van der Waals surface area contributed by atoms with Crippen LogP contribution in [-0.2, 0) is 9.59 Å². The van der Waals surface area contributed by atoms with Crippen LogP contribution in [-0.4, -0.2) is 29.0 Å². The minimum atomic E-state index is -0.0427. The second-order valence-electron chi connectivity index (χ2n) is 5.72. The van der Waals surface area contributed by atoms with E-state index in [1.165, 1.54) is 4.90 Å². The zero-order valence-corrected chi connectivity index (χ0v) is 12.3. The van der Waals surface area contributed by atoms with Crippen molar-refractivity contribution in [2.24, 2.45) is 11.8 Å². The van der Waals surface area contributed by atoms with Crippen LogP contribution < -0.4 is 0 Å². The Balaban J connectivity index is 1.77. The van der Waals surface area contributed by atoms with Crippen LogP contribution in [0.4, 0.5) is 0 Å². The fraction of sp³-hybridized carbons (Fsp3) is 0.500. The highest BCUT2D eigenvalue weighted by Gasteiger charge is 2.49. The summed E-state index contributed by atoms with van der Waals surface area (Å²) in [5, 5.41) is 0. The van der Waals surface area contributed by atoms with E-state index in [-0.39, 0.29) is 29.6 Å². The quantitative estimate of drug-likeness (QED) is 0.683. The first kappa shape index (κ1) is 13.7. The van der Waals surface area contributed by atoms with Gasteiger partial charge in [-0.1, -0.05) is 36.8 Å². The molecule has 1 heterocycles. The molecule has 2 fully saturated rings. The summed E-state index contributed by atoms with van der Waals surface area (Å²) in [6.45, 7) is 0.470. The molecule has 1 saturated carbocycles. The van der Waals surface area contributed by atoms with Gasteiger partial charge in [0.15, 0.2) is 0 Å². The van der Waals surface area contributed by atoms with Crippen LogP contribution in [0.3, 0.4) is 0 Å². The van der Waals surface area contributed by atoms with E-state index in [2.05, 4.69) is 12.6 Å². The molecule has 4 heteroatoms. The Morgan fingerprint density at radius 3 is 2.25 bits per heavy atom. The van der Waals surface area contributed by atoms with Crippen LogP contribution in [0.2, 0.25) is 0 Å². The number of rotatable bonds is 4. The third-order valence-corrected chi connectivity index (χ3v) is 5.02. The molecule has 2 amide bonds. The van der Waals surface area contributed by atoms with Crippen LogP contribution >= 0.6 is 12.6 Å². The summed E-state index contributed by atoms with van der Waals surface area (Å²) in [5.41, 5.74) is 1.14. The fourth-order valence-corrected chi connectivity index (χ4v) is 3.78. The number of benzene rings is 1. The molecule has 106 valence electrons. The highest BCUT2D eigenvalue weighted by molar-refractivity contribution is 7.80. The minimum Gasteiger partial charge on any atom is -0.281 e. The highest BCUT2D eigenvalue weighted by atomic mass is 32.1. The molecule has 20 heavy (non-hydrogen) atoms. The van der Waals surface area contributed by atoms with E-state index in [9.17, 15) is 9.59 Å². The number of fused-ring (bicyclic) bond motifs is 1. The van der Waals surface area contributed by atoms with Crippen molar-refractivity contribution in [3.63, 3.8) is 0 Å². The molecule has 1 aliphatic heterocycles. The lowest BCUT2D eigenvalue weighted by molar-refractivity contribution is -0.140. The van der Waals surface area contributed by atoms with Gasteiger partial charge in [-0.15, -0.1) is 0 Å². The number of likely N-dealkylation sites (tertiary alicyclic amines) is 1. The molecule has 1 saturated heterocycles. The summed E-state index contributed by atoms with van der Waals surface area (Å²) >= 11 is 4.39. The predicted octanol–water partition coefficient (Wildman–Crippen LogP) is 2.49. The van der Waals surface area contributed by atoms with Crippen molar-refractivity contribution in [2.45, 2.75) is 25.2 Å². The number of carbonyl (C=O) groups excluding carboxylic acids is 2. The van der Waals surface area contributed by atoms with Crippen molar-refractivity contribution < 1.29 is 9.59 Å². The Kier molecular flexibility index (Phi) is 3.83.